The van der Waals surface area contributed by atoms with E-state index in [1.807, 2.05) is 0 Å². The number of ether oxygens (including phenoxy) is 1. The summed E-state index contributed by atoms with van der Waals surface area (Å²) in [5, 5.41) is 2.63. The molecule has 1 aromatic carbocycles. The zero-order valence-corrected chi connectivity index (χ0v) is 13.0. The van der Waals surface area contributed by atoms with Crippen molar-refractivity contribution in [3.05, 3.63) is 29.0 Å². The Labute approximate surface area is 133 Å². The highest BCUT2D eigenvalue weighted by Crippen LogP contribution is 2.26. The SMILES string of the molecule is CCOC(=O)C1CCN(C(=O)Nc2c(F)cccc2Cl)CC1. The summed E-state index contributed by atoms with van der Waals surface area (Å²) in [7, 11) is 0. The first-order valence-corrected chi connectivity index (χ1v) is 7.57. The van der Waals surface area contributed by atoms with E-state index in [9.17, 15) is 14.0 Å². The molecule has 7 heteroatoms. The van der Waals surface area contributed by atoms with Crippen LogP contribution in [-0.2, 0) is 9.53 Å². The molecule has 0 bridgehead atoms. The van der Waals surface area contributed by atoms with Crippen LogP contribution in [0.25, 0.3) is 0 Å². The number of nitrogens with one attached hydrogen (secondary N) is 1. The summed E-state index contributed by atoms with van der Waals surface area (Å²) in [4.78, 5) is 25.3. The highest BCUT2D eigenvalue weighted by Gasteiger charge is 2.28. The zero-order valence-electron chi connectivity index (χ0n) is 12.3. The minimum atomic E-state index is -0.581. The van der Waals surface area contributed by atoms with Crippen molar-refractivity contribution in [2.75, 3.05) is 25.0 Å². The molecular formula is C15H18ClFN2O3. The number of hydrogen-bond donors (Lipinski definition) is 1. The molecule has 0 aromatic heterocycles. The second-order valence-electron chi connectivity index (χ2n) is 5.04. The van der Waals surface area contributed by atoms with Crippen LogP contribution in [0, 0.1) is 11.7 Å². The molecule has 0 saturated carbocycles. The van der Waals surface area contributed by atoms with Crippen molar-refractivity contribution < 1.29 is 18.7 Å². The first-order chi connectivity index (χ1) is 10.5. The van der Waals surface area contributed by atoms with Crippen molar-refractivity contribution >= 4 is 29.3 Å². The fraction of sp³-hybridized carbons (Fsp3) is 0.467. The van der Waals surface area contributed by atoms with Crippen LogP contribution < -0.4 is 5.32 Å². The number of rotatable bonds is 3. The first-order valence-electron chi connectivity index (χ1n) is 7.19. The Morgan fingerprint density at radius 3 is 2.68 bits per heavy atom. The molecule has 1 fully saturated rings. The van der Waals surface area contributed by atoms with E-state index in [0.717, 1.165) is 0 Å². The van der Waals surface area contributed by atoms with E-state index in [2.05, 4.69) is 5.32 Å². The Bertz CT molecular complexity index is 539. The van der Waals surface area contributed by atoms with Crippen LogP contribution in [0.1, 0.15) is 19.8 Å². The summed E-state index contributed by atoms with van der Waals surface area (Å²) in [5.74, 6) is -0.983. The lowest BCUT2D eigenvalue weighted by Crippen LogP contribution is -2.42. The van der Waals surface area contributed by atoms with Gasteiger partial charge in [0.2, 0.25) is 0 Å². The monoisotopic (exact) mass is 328 g/mol. The topological polar surface area (TPSA) is 58.6 Å². The molecule has 1 aliphatic rings. The van der Waals surface area contributed by atoms with Gasteiger partial charge in [0, 0.05) is 13.1 Å². The third-order valence-corrected chi connectivity index (χ3v) is 3.91. The standard InChI is InChI=1S/C15H18ClFN2O3/c1-2-22-14(20)10-6-8-19(9-7-10)15(21)18-13-11(16)4-3-5-12(13)17/h3-5,10H,2,6-9H2,1H3,(H,18,21). The smallest absolute Gasteiger partial charge is 0.321 e. The van der Waals surface area contributed by atoms with Crippen molar-refractivity contribution in [3.63, 3.8) is 0 Å². The van der Waals surface area contributed by atoms with Crippen LogP contribution in [0.5, 0.6) is 0 Å². The van der Waals surface area contributed by atoms with E-state index in [-0.39, 0.29) is 22.6 Å². The van der Waals surface area contributed by atoms with Gasteiger partial charge in [-0.15, -0.1) is 0 Å². The van der Waals surface area contributed by atoms with Crippen LogP contribution in [0.15, 0.2) is 18.2 Å². The Hall–Kier alpha value is -1.82. The minimum absolute atomic E-state index is 0.0262. The van der Waals surface area contributed by atoms with E-state index in [1.54, 1.807) is 11.8 Å². The van der Waals surface area contributed by atoms with Gasteiger partial charge >= 0.3 is 12.0 Å². The molecule has 0 radical (unpaired) electrons. The maximum Gasteiger partial charge on any atom is 0.321 e. The van der Waals surface area contributed by atoms with Crippen molar-refractivity contribution in [3.8, 4) is 0 Å². The van der Waals surface area contributed by atoms with Gasteiger partial charge in [-0.2, -0.15) is 0 Å². The maximum absolute atomic E-state index is 13.7. The molecule has 0 atom stereocenters. The van der Waals surface area contributed by atoms with Crippen molar-refractivity contribution in [1.82, 2.24) is 4.90 Å². The molecule has 1 N–H and O–H groups in total. The lowest BCUT2D eigenvalue weighted by atomic mass is 9.97. The number of likely N-dealkylation sites (tertiary alicyclic amines) is 1. The average Bonchev–Trinajstić information content (AvgIpc) is 2.51. The number of urea groups is 1. The van der Waals surface area contributed by atoms with Crippen LogP contribution in [0.3, 0.4) is 0 Å². The Kier molecular flexibility index (Phi) is 5.60. The number of anilines is 1. The predicted octanol–water partition coefficient (Wildman–Crippen LogP) is 3.29. The highest BCUT2D eigenvalue weighted by atomic mass is 35.5. The highest BCUT2D eigenvalue weighted by molar-refractivity contribution is 6.33. The molecule has 2 rings (SSSR count). The van der Waals surface area contributed by atoms with Gasteiger partial charge in [-0.1, -0.05) is 17.7 Å². The third-order valence-electron chi connectivity index (χ3n) is 3.60. The van der Waals surface area contributed by atoms with Gasteiger partial charge < -0.3 is 15.0 Å². The zero-order chi connectivity index (χ0) is 16.1. The van der Waals surface area contributed by atoms with Gasteiger partial charge in [-0.25, -0.2) is 9.18 Å². The third kappa shape index (κ3) is 3.88. The Balaban J connectivity index is 1.92. The number of carbonyl (C=O) groups excluding carboxylic acids is 2. The normalized spacial score (nSPS) is 15.5. The summed E-state index contributed by atoms with van der Waals surface area (Å²) in [6, 6.07) is 3.79. The number of esters is 1. The molecule has 1 saturated heterocycles. The number of nitrogens with zero attached hydrogens (tertiary/aromatic N) is 1. The van der Waals surface area contributed by atoms with Crippen molar-refractivity contribution in [2.24, 2.45) is 5.92 Å². The van der Waals surface area contributed by atoms with Gasteiger partial charge in [-0.05, 0) is 31.9 Å². The Morgan fingerprint density at radius 2 is 2.09 bits per heavy atom. The number of hydrogen-bond acceptors (Lipinski definition) is 3. The van der Waals surface area contributed by atoms with Crippen LogP contribution in [0.2, 0.25) is 5.02 Å². The number of carbonyl (C=O) groups is 2. The molecule has 0 aliphatic carbocycles. The van der Waals surface area contributed by atoms with Crippen molar-refractivity contribution in [2.45, 2.75) is 19.8 Å². The minimum Gasteiger partial charge on any atom is -0.466 e. The van der Waals surface area contributed by atoms with Crippen LogP contribution >= 0.6 is 11.6 Å². The number of halogens is 2. The molecule has 22 heavy (non-hydrogen) atoms. The largest absolute Gasteiger partial charge is 0.466 e. The quantitative estimate of drug-likeness (QED) is 0.866. The molecule has 5 nitrogen and oxygen atoms in total. The number of benzene rings is 1. The lowest BCUT2D eigenvalue weighted by Gasteiger charge is -2.31. The number of piperidine rings is 1. The summed E-state index contributed by atoms with van der Waals surface area (Å²) >= 11 is 5.88. The van der Waals surface area contributed by atoms with Crippen molar-refractivity contribution in [1.29, 1.82) is 0 Å². The van der Waals surface area contributed by atoms with Gasteiger partial charge in [0.1, 0.15) is 5.82 Å². The van der Waals surface area contributed by atoms with Crippen LogP contribution in [0.4, 0.5) is 14.9 Å². The maximum atomic E-state index is 13.7. The molecule has 1 aromatic rings. The summed E-state index contributed by atoms with van der Waals surface area (Å²) in [6.45, 7) is 2.95. The van der Waals surface area contributed by atoms with Gasteiger partial charge in [0.05, 0.1) is 23.2 Å². The number of amides is 2. The summed E-state index contributed by atoms with van der Waals surface area (Å²) in [5.41, 5.74) is -0.0262. The van der Waals surface area contributed by atoms with E-state index >= 15 is 0 Å². The van der Waals surface area contributed by atoms with Gasteiger partial charge in [0.15, 0.2) is 0 Å². The molecule has 2 amide bonds. The molecule has 0 unspecified atom stereocenters. The molecule has 1 heterocycles. The molecule has 1 aliphatic heterocycles. The first kappa shape index (κ1) is 16.5. The number of para-hydroxylation sites is 1. The van der Waals surface area contributed by atoms with E-state index in [0.29, 0.717) is 32.5 Å². The second-order valence-corrected chi connectivity index (χ2v) is 5.45. The second kappa shape index (κ2) is 7.45. The molecule has 120 valence electrons. The molecular weight excluding hydrogens is 311 g/mol. The Morgan fingerprint density at radius 1 is 1.41 bits per heavy atom. The van der Waals surface area contributed by atoms with E-state index < -0.39 is 11.8 Å². The molecule has 0 spiro atoms. The predicted molar refractivity (Wildman–Crippen MR) is 81.4 cm³/mol. The van der Waals surface area contributed by atoms with E-state index in [4.69, 9.17) is 16.3 Å². The van der Waals surface area contributed by atoms with Gasteiger partial charge in [0.25, 0.3) is 0 Å². The van der Waals surface area contributed by atoms with Crippen LogP contribution in [-0.4, -0.2) is 36.6 Å². The van der Waals surface area contributed by atoms with E-state index in [1.165, 1.54) is 18.2 Å². The summed E-state index contributed by atoms with van der Waals surface area (Å²) < 4.78 is 18.6. The fourth-order valence-corrected chi connectivity index (χ4v) is 2.59. The average molecular weight is 329 g/mol. The van der Waals surface area contributed by atoms with Gasteiger partial charge in [-0.3, -0.25) is 4.79 Å². The fourth-order valence-electron chi connectivity index (χ4n) is 2.38. The lowest BCUT2D eigenvalue weighted by molar-refractivity contribution is -0.149. The summed E-state index contributed by atoms with van der Waals surface area (Å²) in [6.07, 6.45) is 1.08.